The van der Waals surface area contributed by atoms with E-state index in [4.69, 9.17) is 4.74 Å². The molecule has 1 heterocycles. The van der Waals surface area contributed by atoms with Gasteiger partial charge in [-0.25, -0.2) is 4.98 Å². The van der Waals surface area contributed by atoms with E-state index >= 15 is 0 Å². The van der Waals surface area contributed by atoms with Crippen LogP contribution in [0, 0.1) is 10.1 Å². The van der Waals surface area contributed by atoms with E-state index in [1.165, 1.54) is 25.3 Å². The second-order valence-electron chi connectivity index (χ2n) is 7.00. The van der Waals surface area contributed by atoms with Gasteiger partial charge in [0.2, 0.25) is 0 Å². The van der Waals surface area contributed by atoms with Crippen molar-refractivity contribution in [1.29, 1.82) is 0 Å². The lowest BCUT2D eigenvalue weighted by molar-refractivity contribution is -0.385. The molecule has 0 saturated carbocycles. The predicted octanol–water partition coefficient (Wildman–Crippen LogP) is 4.19. The summed E-state index contributed by atoms with van der Waals surface area (Å²) in [6, 6.07) is 21.0. The van der Waals surface area contributed by atoms with Gasteiger partial charge in [-0.1, -0.05) is 42.5 Å². The van der Waals surface area contributed by atoms with Crippen molar-refractivity contribution in [3.63, 3.8) is 0 Å². The Labute approximate surface area is 178 Å². The Kier molecular flexibility index (Phi) is 5.61. The van der Waals surface area contributed by atoms with Crippen LogP contribution in [0.3, 0.4) is 0 Å². The fourth-order valence-electron chi connectivity index (χ4n) is 3.42. The van der Waals surface area contributed by atoms with Crippen LogP contribution in [0.5, 0.6) is 5.75 Å². The van der Waals surface area contributed by atoms with Crippen molar-refractivity contribution in [3.8, 4) is 5.75 Å². The average molecular weight is 416 g/mol. The Bertz CT molecular complexity index is 1200. The number of benzene rings is 3. The molecule has 1 atom stereocenters. The maximum atomic E-state index is 13.0. The number of hydrogen-bond acceptors (Lipinski definition) is 5. The van der Waals surface area contributed by atoms with E-state index in [2.05, 4.69) is 15.3 Å². The lowest BCUT2D eigenvalue weighted by atomic mass is 10.0. The van der Waals surface area contributed by atoms with Gasteiger partial charge in [0.05, 0.1) is 29.1 Å². The largest absolute Gasteiger partial charge is 0.490 e. The van der Waals surface area contributed by atoms with E-state index in [9.17, 15) is 14.9 Å². The number of methoxy groups -OCH3 is 1. The number of aromatic amines is 1. The minimum Gasteiger partial charge on any atom is -0.490 e. The molecule has 8 nitrogen and oxygen atoms in total. The molecule has 0 unspecified atom stereocenters. The lowest BCUT2D eigenvalue weighted by Crippen LogP contribution is -2.30. The first-order valence-electron chi connectivity index (χ1n) is 9.67. The van der Waals surface area contributed by atoms with Crippen molar-refractivity contribution >= 4 is 22.6 Å². The van der Waals surface area contributed by atoms with Crippen molar-refractivity contribution < 1.29 is 14.5 Å². The van der Waals surface area contributed by atoms with Gasteiger partial charge in [-0.2, -0.15) is 0 Å². The van der Waals surface area contributed by atoms with Gasteiger partial charge in [0.15, 0.2) is 5.75 Å². The van der Waals surface area contributed by atoms with Crippen LogP contribution in [0.25, 0.3) is 11.0 Å². The van der Waals surface area contributed by atoms with Gasteiger partial charge in [0.1, 0.15) is 5.82 Å². The summed E-state index contributed by atoms with van der Waals surface area (Å²) in [5.74, 6) is 0.272. The quantitative estimate of drug-likeness (QED) is 0.347. The van der Waals surface area contributed by atoms with E-state index in [1.54, 1.807) is 0 Å². The summed E-state index contributed by atoms with van der Waals surface area (Å²) in [6.45, 7) is 0. The van der Waals surface area contributed by atoms with E-state index in [0.29, 0.717) is 12.2 Å². The molecule has 0 fully saturated rings. The zero-order valence-corrected chi connectivity index (χ0v) is 16.7. The molecular weight excluding hydrogens is 396 g/mol. The summed E-state index contributed by atoms with van der Waals surface area (Å²) in [4.78, 5) is 31.6. The Morgan fingerprint density at radius 2 is 1.87 bits per heavy atom. The highest BCUT2D eigenvalue weighted by atomic mass is 16.6. The summed E-state index contributed by atoms with van der Waals surface area (Å²) in [5, 5.41) is 14.3. The second-order valence-corrected chi connectivity index (χ2v) is 7.00. The highest BCUT2D eigenvalue weighted by molar-refractivity contribution is 5.95. The molecule has 31 heavy (non-hydrogen) atoms. The number of rotatable bonds is 7. The van der Waals surface area contributed by atoms with E-state index < -0.39 is 16.9 Å². The molecule has 2 N–H and O–H groups in total. The predicted molar refractivity (Wildman–Crippen MR) is 116 cm³/mol. The first-order chi connectivity index (χ1) is 15.0. The smallest absolute Gasteiger partial charge is 0.311 e. The van der Waals surface area contributed by atoms with E-state index in [-0.39, 0.29) is 17.0 Å². The normalized spacial score (nSPS) is 11.8. The zero-order valence-electron chi connectivity index (χ0n) is 16.7. The van der Waals surface area contributed by atoms with Gasteiger partial charge in [-0.15, -0.1) is 0 Å². The third-order valence-corrected chi connectivity index (χ3v) is 4.96. The number of para-hydroxylation sites is 2. The number of amides is 1. The topological polar surface area (TPSA) is 110 Å². The van der Waals surface area contributed by atoms with Crippen molar-refractivity contribution in [3.05, 3.63) is 99.9 Å². The van der Waals surface area contributed by atoms with Crippen LogP contribution >= 0.6 is 0 Å². The third-order valence-electron chi connectivity index (χ3n) is 4.96. The Hall–Kier alpha value is -4.20. The molecule has 0 radical (unpaired) electrons. The number of H-pyrrole nitrogens is 1. The van der Waals surface area contributed by atoms with Gasteiger partial charge in [-0.3, -0.25) is 14.9 Å². The number of nitro benzene ring substituents is 1. The standard InChI is InChI=1S/C23H20N4O4/c1-31-21-12-11-16(14-20(21)27(29)30)23(28)26-19(13-15-7-3-2-4-8-15)22-24-17-9-5-6-10-18(17)25-22/h2-12,14,19H,13H2,1H3,(H,24,25)(H,26,28)/t19-/m0/s1. The van der Waals surface area contributed by atoms with Crippen LogP contribution in [-0.2, 0) is 6.42 Å². The number of ether oxygens (including phenoxy) is 1. The fraction of sp³-hybridized carbons (Fsp3) is 0.130. The van der Waals surface area contributed by atoms with Crippen LogP contribution in [0.1, 0.15) is 27.8 Å². The van der Waals surface area contributed by atoms with Gasteiger partial charge in [0.25, 0.3) is 5.91 Å². The molecule has 4 aromatic rings. The molecule has 156 valence electrons. The molecule has 0 aliphatic rings. The summed E-state index contributed by atoms with van der Waals surface area (Å²) in [6.07, 6.45) is 0.505. The Morgan fingerprint density at radius 1 is 1.13 bits per heavy atom. The van der Waals surface area contributed by atoms with E-state index in [1.807, 2.05) is 54.6 Å². The number of nitro groups is 1. The number of hydrogen-bond donors (Lipinski definition) is 2. The SMILES string of the molecule is COc1ccc(C(=O)N[C@@H](Cc2ccccc2)c2nc3ccccc3[nH]2)cc1[N+](=O)[O-]. The van der Waals surface area contributed by atoms with Gasteiger partial charge in [0, 0.05) is 11.6 Å². The zero-order chi connectivity index (χ0) is 21.8. The molecule has 0 aliphatic carbocycles. The molecule has 4 rings (SSSR count). The van der Waals surface area contributed by atoms with Crippen LogP contribution < -0.4 is 10.1 Å². The van der Waals surface area contributed by atoms with Gasteiger partial charge in [-0.05, 0) is 36.2 Å². The summed E-state index contributed by atoms with van der Waals surface area (Å²) >= 11 is 0. The minimum atomic E-state index is -0.573. The van der Waals surface area contributed by atoms with Crippen molar-refractivity contribution in [2.24, 2.45) is 0 Å². The van der Waals surface area contributed by atoms with Gasteiger partial charge >= 0.3 is 5.69 Å². The highest BCUT2D eigenvalue weighted by Crippen LogP contribution is 2.28. The molecule has 1 aromatic heterocycles. The summed E-state index contributed by atoms with van der Waals surface area (Å²) in [5.41, 5.74) is 2.59. The molecule has 1 amide bonds. The van der Waals surface area contributed by atoms with E-state index in [0.717, 1.165) is 16.6 Å². The number of nitrogens with one attached hydrogen (secondary N) is 2. The summed E-state index contributed by atoms with van der Waals surface area (Å²) in [7, 11) is 1.35. The number of aromatic nitrogens is 2. The molecule has 0 aliphatic heterocycles. The van der Waals surface area contributed by atoms with Crippen LogP contribution in [0.15, 0.2) is 72.8 Å². The average Bonchev–Trinajstić information content (AvgIpc) is 3.23. The first-order valence-corrected chi connectivity index (χ1v) is 9.67. The fourth-order valence-corrected chi connectivity index (χ4v) is 3.42. The number of fused-ring (bicyclic) bond motifs is 1. The third kappa shape index (κ3) is 4.37. The van der Waals surface area contributed by atoms with Crippen LogP contribution in [0.4, 0.5) is 5.69 Å². The van der Waals surface area contributed by atoms with Crippen molar-refractivity contribution in [1.82, 2.24) is 15.3 Å². The maximum absolute atomic E-state index is 13.0. The second kappa shape index (κ2) is 8.66. The molecular formula is C23H20N4O4. The molecule has 0 spiro atoms. The Balaban J connectivity index is 1.66. The molecule has 3 aromatic carbocycles. The summed E-state index contributed by atoms with van der Waals surface area (Å²) < 4.78 is 5.02. The minimum absolute atomic E-state index is 0.0969. The van der Waals surface area contributed by atoms with Gasteiger partial charge < -0.3 is 15.0 Å². The number of nitrogens with zero attached hydrogens (tertiary/aromatic N) is 2. The molecule has 0 saturated heterocycles. The highest BCUT2D eigenvalue weighted by Gasteiger charge is 2.23. The molecule has 8 heteroatoms. The Morgan fingerprint density at radius 3 is 2.58 bits per heavy atom. The van der Waals surface area contributed by atoms with Crippen LogP contribution in [-0.4, -0.2) is 27.9 Å². The van der Waals surface area contributed by atoms with Crippen molar-refractivity contribution in [2.45, 2.75) is 12.5 Å². The lowest BCUT2D eigenvalue weighted by Gasteiger charge is -2.17. The number of carbonyl (C=O) groups is 1. The monoisotopic (exact) mass is 416 g/mol. The number of carbonyl (C=O) groups excluding carboxylic acids is 1. The van der Waals surface area contributed by atoms with Crippen LogP contribution in [0.2, 0.25) is 0 Å². The number of imidazole rings is 1. The molecule has 0 bridgehead atoms. The maximum Gasteiger partial charge on any atom is 0.311 e. The first kappa shape index (κ1) is 20.1. The van der Waals surface area contributed by atoms with Crippen molar-refractivity contribution in [2.75, 3.05) is 7.11 Å².